The maximum atomic E-state index is 5.54. The maximum absolute atomic E-state index is 5.54. The number of ether oxygens (including phenoxy) is 1. The van der Waals surface area contributed by atoms with Crippen LogP contribution in [0.25, 0.3) is 0 Å². The number of aliphatic imine (C=N–C) groups is 1. The van der Waals surface area contributed by atoms with Crippen molar-refractivity contribution in [1.29, 1.82) is 0 Å². The topological polar surface area (TPSA) is 61.8 Å². The Morgan fingerprint density at radius 2 is 2.00 bits per heavy atom. The summed E-state index contributed by atoms with van der Waals surface area (Å²) in [5.74, 6) is 1.56. The van der Waals surface area contributed by atoms with Gasteiger partial charge in [0.05, 0.1) is 13.2 Å². The van der Waals surface area contributed by atoms with Crippen molar-refractivity contribution >= 4 is 29.9 Å². The minimum absolute atomic E-state index is 0. The molecule has 2 heterocycles. The van der Waals surface area contributed by atoms with Gasteiger partial charge in [0.2, 0.25) is 0 Å². The van der Waals surface area contributed by atoms with Crippen LogP contribution < -0.4 is 10.6 Å². The SMILES string of the molecule is CCC(CC)C(CNC(=NC)NCCc1cccnc1)N1CCOCC1.I. The third-order valence-corrected chi connectivity index (χ3v) is 5.24. The molecule has 0 aromatic carbocycles. The summed E-state index contributed by atoms with van der Waals surface area (Å²) in [7, 11) is 1.83. The zero-order chi connectivity index (χ0) is 18.6. The van der Waals surface area contributed by atoms with Gasteiger partial charge in [0, 0.05) is 51.7 Å². The quantitative estimate of drug-likeness (QED) is 0.317. The fourth-order valence-corrected chi connectivity index (χ4v) is 3.63. The van der Waals surface area contributed by atoms with Crippen molar-refractivity contribution in [3.63, 3.8) is 0 Å². The number of pyridine rings is 1. The number of hydrogen-bond acceptors (Lipinski definition) is 4. The van der Waals surface area contributed by atoms with Gasteiger partial charge in [-0.05, 0) is 24.0 Å². The zero-order valence-electron chi connectivity index (χ0n) is 17.0. The number of guanidine groups is 1. The molecule has 1 aromatic heterocycles. The van der Waals surface area contributed by atoms with Crippen LogP contribution >= 0.6 is 24.0 Å². The van der Waals surface area contributed by atoms with E-state index in [0.717, 1.165) is 51.8 Å². The molecular weight excluding hydrogens is 453 g/mol. The Morgan fingerprint density at radius 3 is 2.59 bits per heavy atom. The highest BCUT2D eigenvalue weighted by molar-refractivity contribution is 14.0. The molecule has 1 aliphatic rings. The van der Waals surface area contributed by atoms with Crippen molar-refractivity contribution in [2.75, 3.05) is 46.4 Å². The Bertz CT molecular complexity index is 518. The number of nitrogens with zero attached hydrogens (tertiary/aromatic N) is 3. The number of halogens is 1. The predicted molar refractivity (Wildman–Crippen MR) is 123 cm³/mol. The van der Waals surface area contributed by atoms with Gasteiger partial charge in [0.1, 0.15) is 0 Å². The summed E-state index contributed by atoms with van der Waals surface area (Å²) in [6.45, 7) is 10.1. The molecule has 0 bridgehead atoms. The molecule has 1 unspecified atom stereocenters. The average Bonchev–Trinajstić information content (AvgIpc) is 2.71. The first kappa shape index (κ1) is 24.1. The van der Waals surface area contributed by atoms with E-state index in [1.807, 2.05) is 19.3 Å². The summed E-state index contributed by atoms with van der Waals surface area (Å²) in [6, 6.07) is 4.60. The van der Waals surface area contributed by atoms with Gasteiger partial charge in [-0.3, -0.25) is 14.9 Å². The average molecular weight is 489 g/mol. The molecule has 0 spiro atoms. The summed E-state index contributed by atoms with van der Waals surface area (Å²) in [5.41, 5.74) is 1.23. The normalized spacial score (nSPS) is 16.7. The van der Waals surface area contributed by atoms with Gasteiger partial charge in [-0.25, -0.2) is 0 Å². The van der Waals surface area contributed by atoms with E-state index >= 15 is 0 Å². The lowest BCUT2D eigenvalue weighted by Gasteiger charge is -2.39. The van der Waals surface area contributed by atoms with Crippen LogP contribution in [0, 0.1) is 5.92 Å². The van der Waals surface area contributed by atoms with Crippen molar-refractivity contribution < 1.29 is 4.74 Å². The van der Waals surface area contributed by atoms with E-state index in [-0.39, 0.29) is 24.0 Å². The van der Waals surface area contributed by atoms with E-state index < -0.39 is 0 Å². The molecule has 1 fully saturated rings. The Morgan fingerprint density at radius 1 is 1.26 bits per heavy atom. The van der Waals surface area contributed by atoms with Gasteiger partial charge in [0.15, 0.2) is 5.96 Å². The first-order chi connectivity index (χ1) is 12.8. The Balaban J connectivity index is 0.00000364. The fraction of sp³-hybridized carbons (Fsp3) is 0.700. The number of rotatable bonds is 9. The highest BCUT2D eigenvalue weighted by atomic mass is 127. The Labute approximate surface area is 181 Å². The number of aromatic nitrogens is 1. The second-order valence-electron chi connectivity index (χ2n) is 6.78. The minimum atomic E-state index is 0. The van der Waals surface area contributed by atoms with Crippen molar-refractivity contribution in [3.05, 3.63) is 30.1 Å². The number of morpholine rings is 1. The molecule has 154 valence electrons. The van der Waals surface area contributed by atoms with Crippen molar-refractivity contribution in [2.45, 2.75) is 39.2 Å². The smallest absolute Gasteiger partial charge is 0.191 e. The van der Waals surface area contributed by atoms with Crippen LogP contribution in [0.15, 0.2) is 29.5 Å². The highest BCUT2D eigenvalue weighted by Gasteiger charge is 2.26. The van der Waals surface area contributed by atoms with Gasteiger partial charge >= 0.3 is 0 Å². The van der Waals surface area contributed by atoms with Gasteiger partial charge in [-0.1, -0.05) is 32.8 Å². The molecule has 1 atom stereocenters. The van der Waals surface area contributed by atoms with E-state index in [0.29, 0.717) is 12.0 Å². The second-order valence-corrected chi connectivity index (χ2v) is 6.78. The molecule has 1 aromatic rings. The lowest BCUT2D eigenvalue weighted by atomic mass is 9.92. The molecular formula is C20H36IN5O. The Kier molecular flexibility index (Phi) is 12.6. The maximum Gasteiger partial charge on any atom is 0.191 e. The van der Waals surface area contributed by atoms with Crippen LogP contribution in [-0.2, 0) is 11.2 Å². The molecule has 2 rings (SSSR count). The minimum Gasteiger partial charge on any atom is -0.379 e. The highest BCUT2D eigenvalue weighted by Crippen LogP contribution is 2.19. The number of nitrogens with one attached hydrogen (secondary N) is 2. The van der Waals surface area contributed by atoms with Crippen LogP contribution in [0.2, 0.25) is 0 Å². The van der Waals surface area contributed by atoms with Crippen molar-refractivity contribution in [3.8, 4) is 0 Å². The lowest BCUT2D eigenvalue weighted by molar-refractivity contribution is 0.00272. The first-order valence-corrected chi connectivity index (χ1v) is 9.93. The standard InChI is InChI=1S/C20H35N5O.HI/c1-4-18(5-2)19(25-11-13-26-14-12-25)16-24-20(21-3)23-10-8-17-7-6-9-22-15-17;/h6-7,9,15,18-19H,4-5,8,10-14,16H2,1-3H3,(H2,21,23,24);1H. The summed E-state index contributed by atoms with van der Waals surface area (Å²) in [6.07, 6.45) is 7.06. The second kappa shape index (κ2) is 14.1. The summed E-state index contributed by atoms with van der Waals surface area (Å²) in [4.78, 5) is 11.1. The fourth-order valence-electron chi connectivity index (χ4n) is 3.63. The lowest BCUT2D eigenvalue weighted by Crippen LogP contribution is -2.53. The molecule has 2 N–H and O–H groups in total. The Hall–Kier alpha value is -0.930. The summed E-state index contributed by atoms with van der Waals surface area (Å²) < 4.78 is 5.54. The van der Waals surface area contributed by atoms with E-state index in [2.05, 4.69) is 45.4 Å². The van der Waals surface area contributed by atoms with E-state index in [1.165, 1.54) is 18.4 Å². The predicted octanol–water partition coefficient (Wildman–Crippen LogP) is 2.54. The van der Waals surface area contributed by atoms with E-state index in [9.17, 15) is 0 Å². The third-order valence-electron chi connectivity index (χ3n) is 5.24. The first-order valence-electron chi connectivity index (χ1n) is 9.93. The van der Waals surface area contributed by atoms with E-state index in [1.54, 1.807) is 6.20 Å². The molecule has 0 amide bonds. The van der Waals surface area contributed by atoms with Gasteiger partial charge in [-0.2, -0.15) is 0 Å². The summed E-state index contributed by atoms with van der Waals surface area (Å²) in [5, 5.41) is 6.96. The van der Waals surface area contributed by atoms with Gasteiger partial charge < -0.3 is 15.4 Å². The molecule has 7 heteroatoms. The van der Waals surface area contributed by atoms with Crippen LogP contribution in [0.5, 0.6) is 0 Å². The molecule has 0 saturated carbocycles. The number of hydrogen-bond donors (Lipinski definition) is 2. The van der Waals surface area contributed by atoms with E-state index in [4.69, 9.17) is 4.74 Å². The molecule has 6 nitrogen and oxygen atoms in total. The van der Waals surface area contributed by atoms with Crippen LogP contribution in [0.1, 0.15) is 32.3 Å². The molecule has 0 aliphatic carbocycles. The third kappa shape index (κ3) is 8.31. The largest absolute Gasteiger partial charge is 0.379 e. The van der Waals surface area contributed by atoms with Crippen molar-refractivity contribution in [2.24, 2.45) is 10.9 Å². The van der Waals surface area contributed by atoms with Crippen molar-refractivity contribution in [1.82, 2.24) is 20.5 Å². The van der Waals surface area contributed by atoms with Crippen LogP contribution in [0.3, 0.4) is 0 Å². The van der Waals surface area contributed by atoms with Gasteiger partial charge in [-0.15, -0.1) is 24.0 Å². The molecule has 0 radical (unpaired) electrons. The summed E-state index contributed by atoms with van der Waals surface area (Å²) >= 11 is 0. The molecule has 27 heavy (non-hydrogen) atoms. The zero-order valence-corrected chi connectivity index (χ0v) is 19.3. The molecule has 1 saturated heterocycles. The van der Waals surface area contributed by atoms with Gasteiger partial charge in [0.25, 0.3) is 0 Å². The van der Waals surface area contributed by atoms with Crippen LogP contribution in [0.4, 0.5) is 0 Å². The monoisotopic (exact) mass is 489 g/mol. The molecule has 1 aliphatic heterocycles. The van der Waals surface area contributed by atoms with Crippen LogP contribution in [-0.4, -0.2) is 68.3 Å².